The van der Waals surface area contributed by atoms with Gasteiger partial charge in [-0.2, -0.15) is 5.26 Å². The second-order valence-electron chi connectivity index (χ2n) is 3.28. The van der Waals surface area contributed by atoms with Crippen molar-refractivity contribution in [2.24, 2.45) is 0 Å². The summed E-state index contributed by atoms with van der Waals surface area (Å²) in [5, 5.41) is 7.63. The van der Waals surface area contributed by atoms with Crippen molar-refractivity contribution in [1.82, 2.24) is 4.31 Å². The summed E-state index contributed by atoms with van der Waals surface area (Å²) < 4.78 is 24.7. The van der Waals surface area contributed by atoms with Gasteiger partial charge in [0.05, 0.1) is 6.07 Å². The molecule has 5 heteroatoms. The molecule has 1 rings (SSSR count). The van der Waals surface area contributed by atoms with Gasteiger partial charge in [-0.1, -0.05) is 6.42 Å². The summed E-state index contributed by atoms with van der Waals surface area (Å²) in [6.45, 7) is 2.59. The maximum Gasteiger partial charge on any atom is 0.230 e. The number of sulfonamides is 1. The van der Waals surface area contributed by atoms with Gasteiger partial charge < -0.3 is 0 Å². The molecule has 0 N–H and O–H groups in total. The molecule has 1 atom stereocenters. The lowest BCUT2D eigenvalue weighted by atomic mass is 10.2. The third kappa shape index (κ3) is 2.20. The molecule has 1 unspecified atom stereocenters. The number of hydrogen-bond donors (Lipinski definition) is 0. The van der Waals surface area contributed by atoms with Crippen LogP contribution in [-0.4, -0.2) is 31.1 Å². The fourth-order valence-corrected chi connectivity index (χ4v) is 2.76. The number of hydrogen-bond acceptors (Lipinski definition) is 3. The minimum absolute atomic E-state index is 0.578. The van der Waals surface area contributed by atoms with Crippen LogP contribution in [0.1, 0.15) is 26.2 Å². The second kappa shape index (κ2) is 4.07. The zero-order valence-corrected chi connectivity index (χ0v) is 8.55. The first-order chi connectivity index (χ1) is 6.09. The average Bonchev–Trinajstić information content (AvgIpc) is 2.18. The van der Waals surface area contributed by atoms with E-state index in [1.54, 1.807) is 6.07 Å². The summed E-state index contributed by atoms with van der Waals surface area (Å²) in [6, 6.07) is 1.77. The lowest BCUT2D eigenvalue weighted by molar-refractivity contribution is 0.345. The van der Waals surface area contributed by atoms with Crippen LogP contribution in [0.15, 0.2) is 0 Å². The second-order valence-corrected chi connectivity index (χ2v) is 5.53. The summed E-state index contributed by atoms with van der Waals surface area (Å²) in [6.07, 6.45) is 2.92. The van der Waals surface area contributed by atoms with Gasteiger partial charge in [0.25, 0.3) is 0 Å². The Hall–Kier alpha value is -0.600. The Bertz CT molecular complexity index is 299. The normalized spacial score (nSPS) is 22.2. The summed E-state index contributed by atoms with van der Waals surface area (Å²) in [5.41, 5.74) is 0. The van der Waals surface area contributed by atoms with E-state index in [4.69, 9.17) is 5.26 Å². The van der Waals surface area contributed by atoms with E-state index in [2.05, 4.69) is 0 Å². The molecule has 0 bridgehead atoms. The summed E-state index contributed by atoms with van der Waals surface area (Å²) in [7, 11) is -3.34. The smallest absolute Gasteiger partial charge is 0.211 e. The molecule has 1 heterocycles. The molecule has 1 saturated heterocycles. The first-order valence-corrected chi connectivity index (χ1v) is 5.98. The molecule has 0 spiro atoms. The van der Waals surface area contributed by atoms with Gasteiger partial charge in [0.1, 0.15) is 0 Å². The molecule has 0 saturated carbocycles. The van der Waals surface area contributed by atoms with E-state index in [-0.39, 0.29) is 0 Å². The third-order valence-electron chi connectivity index (χ3n) is 2.30. The van der Waals surface area contributed by atoms with Crippen molar-refractivity contribution in [2.75, 3.05) is 13.1 Å². The van der Waals surface area contributed by atoms with Crippen molar-refractivity contribution in [1.29, 1.82) is 5.26 Å². The molecule has 1 aliphatic heterocycles. The molecule has 0 aliphatic carbocycles. The minimum Gasteiger partial charge on any atom is -0.211 e. The van der Waals surface area contributed by atoms with Crippen LogP contribution < -0.4 is 0 Å². The van der Waals surface area contributed by atoms with Crippen LogP contribution >= 0.6 is 0 Å². The molecular weight excluding hydrogens is 188 g/mol. The minimum atomic E-state index is -3.34. The molecule has 1 aliphatic rings. The van der Waals surface area contributed by atoms with Crippen molar-refractivity contribution >= 4 is 10.0 Å². The van der Waals surface area contributed by atoms with Gasteiger partial charge in [-0.05, 0) is 19.8 Å². The van der Waals surface area contributed by atoms with Crippen LogP contribution in [0.2, 0.25) is 0 Å². The van der Waals surface area contributed by atoms with Crippen LogP contribution in [0.25, 0.3) is 0 Å². The average molecular weight is 202 g/mol. The fraction of sp³-hybridized carbons (Fsp3) is 0.875. The van der Waals surface area contributed by atoms with E-state index in [9.17, 15) is 8.42 Å². The lowest BCUT2D eigenvalue weighted by Crippen LogP contribution is -2.40. The molecule has 1 fully saturated rings. The largest absolute Gasteiger partial charge is 0.230 e. The Labute approximate surface area is 79.2 Å². The van der Waals surface area contributed by atoms with Crippen LogP contribution in [0, 0.1) is 11.3 Å². The quantitative estimate of drug-likeness (QED) is 0.662. The van der Waals surface area contributed by atoms with Gasteiger partial charge in [0.15, 0.2) is 5.25 Å². The predicted octanol–water partition coefficient (Wildman–Crippen LogP) is 0.714. The molecular formula is C8H14N2O2S. The molecule has 0 aromatic carbocycles. The molecule has 74 valence electrons. The summed E-state index contributed by atoms with van der Waals surface area (Å²) in [5.74, 6) is 0. The molecule has 13 heavy (non-hydrogen) atoms. The molecule has 0 amide bonds. The Morgan fingerprint density at radius 1 is 1.31 bits per heavy atom. The van der Waals surface area contributed by atoms with Gasteiger partial charge in [-0.25, -0.2) is 12.7 Å². The number of nitrogens with zero attached hydrogens (tertiary/aromatic N) is 2. The van der Waals surface area contributed by atoms with Gasteiger partial charge in [-0.3, -0.25) is 0 Å². The van der Waals surface area contributed by atoms with Crippen molar-refractivity contribution < 1.29 is 8.42 Å². The van der Waals surface area contributed by atoms with Crippen molar-refractivity contribution in [3.05, 3.63) is 0 Å². The zero-order valence-electron chi connectivity index (χ0n) is 7.73. The molecule has 0 aromatic heterocycles. The molecule has 0 aromatic rings. The third-order valence-corrected chi connectivity index (χ3v) is 4.39. The van der Waals surface area contributed by atoms with Gasteiger partial charge >= 0.3 is 0 Å². The maximum atomic E-state index is 11.6. The van der Waals surface area contributed by atoms with Crippen LogP contribution in [0.4, 0.5) is 0 Å². The number of piperidine rings is 1. The Morgan fingerprint density at radius 3 is 2.31 bits per heavy atom. The fourth-order valence-electron chi connectivity index (χ4n) is 1.41. The highest BCUT2D eigenvalue weighted by Crippen LogP contribution is 2.16. The van der Waals surface area contributed by atoms with E-state index in [0.717, 1.165) is 19.3 Å². The van der Waals surface area contributed by atoms with Gasteiger partial charge in [-0.15, -0.1) is 0 Å². The molecule has 4 nitrogen and oxygen atoms in total. The van der Waals surface area contributed by atoms with Gasteiger partial charge in [0.2, 0.25) is 10.0 Å². The SMILES string of the molecule is CC(C#N)S(=O)(=O)N1CCCCC1. The predicted molar refractivity (Wildman–Crippen MR) is 49.4 cm³/mol. The standard InChI is InChI=1S/C8H14N2O2S/c1-8(7-9)13(11,12)10-5-3-2-4-6-10/h8H,2-6H2,1H3. The first kappa shape index (κ1) is 10.5. The number of rotatable bonds is 2. The van der Waals surface area contributed by atoms with Crippen molar-refractivity contribution in [2.45, 2.75) is 31.4 Å². The topological polar surface area (TPSA) is 61.2 Å². The monoisotopic (exact) mass is 202 g/mol. The van der Waals surface area contributed by atoms with Crippen LogP contribution in [0.5, 0.6) is 0 Å². The highest BCUT2D eigenvalue weighted by atomic mass is 32.2. The Balaban J connectivity index is 2.75. The lowest BCUT2D eigenvalue weighted by Gasteiger charge is -2.26. The maximum absolute atomic E-state index is 11.6. The number of nitriles is 1. The van der Waals surface area contributed by atoms with E-state index >= 15 is 0 Å². The Kier molecular flexibility index (Phi) is 3.28. The van der Waals surface area contributed by atoms with Gasteiger partial charge in [0, 0.05) is 13.1 Å². The van der Waals surface area contributed by atoms with Crippen molar-refractivity contribution in [3.8, 4) is 6.07 Å². The summed E-state index contributed by atoms with van der Waals surface area (Å²) in [4.78, 5) is 0. The molecule has 0 radical (unpaired) electrons. The highest BCUT2D eigenvalue weighted by molar-refractivity contribution is 7.89. The van der Waals surface area contributed by atoms with E-state index in [0.29, 0.717) is 13.1 Å². The first-order valence-electron chi connectivity index (χ1n) is 4.47. The highest BCUT2D eigenvalue weighted by Gasteiger charge is 2.29. The Morgan fingerprint density at radius 2 is 1.85 bits per heavy atom. The van der Waals surface area contributed by atoms with E-state index in [1.165, 1.54) is 11.2 Å². The van der Waals surface area contributed by atoms with Crippen LogP contribution in [-0.2, 0) is 10.0 Å². The zero-order chi connectivity index (χ0) is 9.90. The van der Waals surface area contributed by atoms with E-state index in [1.807, 2.05) is 0 Å². The van der Waals surface area contributed by atoms with Crippen molar-refractivity contribution in [3.63, 3.8) is 0 Å². The van der Waals surface area contributed by atoms with E-state index < -0.39 is 15.3 Å². The summed E-state index contributed by atoms with van der Waals surface area (Å²) >= 11 is 0. The van der Waals surface area contributed by atoms with Crippen LogP contribution in [0.3, 0.4) is 0 Å².